The van der Waals surface area contributed by atoms with Crippen molar-refractivity contribution in [2.24, 2.45) is 0 Å². The molecule has 0 saturated heterocycles. The maximum Gasteiger partial charge on any atom is 0.104 e. The lowest BCUT2D eigenvalue weighted by Crippen LogP contribution is -2.08. The predicted molar refractivity (Wildman–Crippen MR) is 98.8 cm³/mol. The van der Waals surface area contributed by atoms with Crippen molar-refractivity contribution in [3.8, 4) is 11.3 Å². The van der Waals surface area contributed by atoms with Crippen LogP contribution in [0.15, 0.2) is 48.5 Å². The molecule has 0 aliphatic heterocycles. The van der Waals surface area contributed by atoms with E-state index in [-0.39, 0.29) is 5.41 Å². The lowest BCUT2D eigenvalue weighted by Gasteiger charge is -2.14. The second-order valence-corrected chi connectivity index (χ2v) is 8.04. The van der Waals surface area contributed by atoms with Crippen LogP contribution in [0.3, 0.4) is 0 Å². The Morgan fingerprint density at radius 2 is 1.70 bits per heavy atom. The highest BCUT2D eigenvalue weighted by atomic mass is 35.5. The number of benzene rings is 2. The fourth-order valence-corrected chi connectivity index (χ4v) is 4.69. The molecule has 0 radical (unpaired) electrons. The van der Waals surface area contributed by atoms with Crippen molar-refractivity contribution in [3.05, 3.63) is 74.0 Å². The Bertz CT molecular complexity index is 863. The van der Waals surface area contributed by atoms with E-state index >= 15 is 0 Å². The Morgan fingerprint density at radius 3 is 2.35 bits per heavy atom. The van der Waals surface area contributed by atoms with Crippen LogP contribution in [0.1, 0.15) is 28.3 Å². The van der Waals surface area contributed by atoms with Gasteiger partial charge in [-0.05, 0) is 43.5 Å². The van der Waals surface area contributed by atoms with Crippen LogP contribution in [-0.4, -0.2) is 4.98 Å². The SMILES string of the molecule is Cc1sc(C2(c3ccccc3Cl)CC2)nc1-c1ccc(Cl)cc1. The van der Waals surface area contributed by atoms with E-state index in [1.54, 1.807) is 11.3 Å². The molecule has 1 fully saturated rings. The number of thiazole rings is 1. The van der Waals surface area contributed by atoms with E-state index in [1.165, 1.54) is 15.4 Å². The summed E-state index contributed by atoms with van der Waals surface area (Å²) in [5, 5.41) is 2.76. The van der Waals surface area contributed by atoms with Gasteiger partial charge in [-0.2, -0.15) is 0 Å². The monoisotopic (exact) mass is 359 g/mol. The molecule has 0 bridgehead atoms. The molecule has 0 amide bonds. The number of hydrogen-bond acceptors (Lipinski definition) is 2. The third-order valence-corrected chi connectivity index (χ3v) is 6.22. The van der Waals surface area contributed by atoms with Crippen molar-refractivity contribution in [2.75, 3.05) is 0 Å². The van der Waals surface area contributed by atoms with Crippen molar-refractivity contribution in [1.29, 1.82) is 0 Å². The number of halogens is 2. The third-order valence-electron chi connectivity index (χ3n) is 4.46. The molecule has 1 nitrogen and oxygen atoms in total. The van der Waals surface area contributed by atoms with Crippen LogP contribution in [0, 0.1) is 6.92 Å². The van der Waals surface area contributed by atoms with Gasteiger partial charge in [0.2, 0.25) is 0 Å². The van der Waals surface area contributed by atoms with Crippen LogP contribution in [0.2, 0.25) is 10.0 Å². The zero-order valence-electron chi connectivity index (χ0n) is 12.6. The van der Waals surface area contributed by atoms with E-state index in [1.807, 2.05) is 36.4 Å². The standard InChI is InChI=1S/C19H15Cl2NS/c1-12-17(13-6-8-14(20)9-7-13)22-18(23-12)19(10-11-19)15-4-2-3-5-16(15)21/h2-9H,10-11H2,1H3. The summed E-state index contributed by atoms with van der Waals surface area (Å²) in [6.45, 7) is 2.13. The molecule has 2 aromatic carbocycles. The Hall–Kier alpha value is -1.35. The van der Waals surface area contributed by atoms with E-state index < -0.39 is 0 Å². The van der Waals surface area contributed by atoms with Crippen LogP contribution in [0.5, 0.6) is 0 Å². The summed E-state index contributed by atoms with van der Waals surface area (Å²) < 4.78 is 0. The molecule has 1 aliphatic carbocycles. The van der Waals surface area contributed by atoms with Crippen molar-refractivity contribution in [1.82, 2.24) is 4.98 Å². The van der Waals surface area contributed by atoms with Gasteiger partial charge < -0.3 is 0 Å². The van der Waals surface area contributed by atoms with Crippen molar-refractivity contribution < 1.29 is 0 Å². The molecule has 23 heavy (non-hydrogen) atoms. The van der Waals surface area contributed by atoms with E-state index in [4.69, 9.17) is 28.2 Å². The first-order valence-corrected chi connectivity index (χ1v) is 9.16. The van der Waals surface area contributed by atoms with Crippen molar-refractivity contribution >= 4 is 34.5 Å². The van der Waals surface area contributed by atoms with Crippen LogP contribution in [0.4, 0.5) is 0 Å². The van der Waals surface area contributed by atoms with E-state index in [9.17, 15) is 0 Å². The molecule has 116 valence electrons. The minimum Gasteiger partial charge on any atom is -0.240 e. The van der Waals surface area contributed by atoms with E-state index in [0.717, 1.165) is 34.1 Å². The van der Waals surface area contributed by atoms with Gasteiger partial charge in [0.1, 0.15) is 5.01 Å². The van der Waals surface area contributed by atoms with Gasteiger partial charge in [-0.15, -0.1) is 11.3 Å². The smallest absolute Gasteiger partial charge is 0.104 e. The first-order chi connectivity index (χ1) is 11.1. The molecule has 0 spiro atoms. The van der Waals surface area contributed by atoms with Gasteiger partial charge >= 0.3 is 0 Å². The quantitative estimate of drug-likeness (QED) is 0.519. The number of rotatable bonds is 3. The highest BCUT2D eigenvalue weighted by Crippen LogP contribution is 2.56. The summed E-state index contributed by atoms with van der Waals surface area (Å²) in [6, 6.07) is 16.0. The minimum absolute atomic E-state index is 0.0123. The molecule has 4 heteroatoms. The molecule has 1 aliphatic rings. The molecule has 0 atom stereocenters. The second kappa shape index (κ2) is 5.62. The highest BCUT2D eigenvalue weighted by Gasteiger charge is 2.49. The fraction of sp³-hybridized carbons (Fsp3) is 0.211. The lowest BCUT2D eigenvalue weighted by molar-refractivity contribution is 0.834. The molecule has 0 N–H and O–H groups in total. The molecule has 1 saturated carbocycles. The van der Waals surface area contributed by atoms with Crippen LogP contribution in [0.25, 0.3) is 11.3 Å². The van der Waals surface area contributed by atoms with Gasteiger partial charge in [0, 0.05) is 25.9 Å². The normalized spacial score (nSPS) is 15.6. The fourth-order valence-electron chi connectivity index (χ4n) is 3.05. The van der Waals surface area contributed by atoms with Gasteiger partial charge in [0.15, 0.2) is 0 Å². The largest absolute Gasteiger partial charge is 0.240 e. The Labute approximate surface area is 149 Å². The summed E-state index contributed by atoms with van der Waals surface area (Å²) in [4.78, 5) is 6.21. The van der Waals surface area contributed by atoms with Crippen LogP contribution in [-0.2, 0) is 5.41 Å². The Balaban J connectivity index is 1.78. The molecular weight excluding hydrogens is 345 g/mol. The average molecular weight is 360 g/mol. The summed E-state index contributed by atoms with van der Waals surface area (Å²) in [5.74, 6) is 0. The molecule has 3 aromatic rings. The van der Waals surface area contributed by atoms with Crippen molar-refractivity contribution in [2.45, 2.75) is 25.2 Å². The molecule has 0 unspecified atom stereocenters. The van der Waals surface area contributed by atoms with Gasteiger partial charge in [-0.1, -0.05) is 53.5 Å². The topological polar surface area (TPSA) is 12.9 Å². The van der Waals surface area contributed by atoms with Gasteiger partial charge in [0.25, 0.3) is 0 Å². The first kappa shape index (κ1) is 15.2. The molecular formula is C19H15Cl2NS. The summed E-state index contributed by atoms with van der Waals surface area (Å²) in [6.07, 6.45) is 2.23. The van der Waals surface area contributed by atoms with Gasteiger partial charge in [-0.25, -0.2) is 4.98 Å². The Morgan fingerprint density at radius 1 is 1.00 bits per heavy atom. The minimum atomic E-state index is 0.0123. The first-order valence-electron chi connectivity index (χ1n) is 7.59. The van der Waals surface area contributed by atoms with E-state index in [2.05, 4.69) is 19.1 Å². The number of aromatic nitrogens is 1. The summed E-state index contributed by atoms with van der Waals surface area (Å²) in [7, 11) is 0. The number of hydrogen-bond donors (Lipinski definition) is 0. The number of aryl methyl sites for hydroxylation is 1. The second-order valence-electron chi connectivity index (χ2n) is 5.99. The number of nitrogens with zero attached hydrogens (tertiary/aromatic N) is 1. The Kier molecular flexibility index (Phi) is 3.72. The average Bonchev–Trinajstić information content (AvgIpc) is 3.26. The predicted octanol–water partition coefficient (Wildman–Crippen LogP) is 6.51. The summed E-state index contributed by atoms with van der Waals surface area (Å²) in [5.41, 5.74) is 3.39. The van der Waals surface area contributed by atoms with Crippen molar-refractivity contribution in [3.63, 3.8) is 0 Å². The van der Waals surface area contributed by atoms with Crippen LogP contribution >= 0.6 is 34.5 Å². The van der Waals surface area contributed by atoms with Gasteiger partial charge in [0.05, 0.1) is 5.69 Å². The van der Waals surface area contributed by atoms with E-state index in [0.29, 0.717) is 0 Å². The lowest BCUT2D eigenvalue weighted by atomic mass is 9.96. The molecule has 1 aromatic heterocycles. The molecule has 4 rings (SSSR count). The maximum absolute atomic E-state index is 6.44. The van der Waals surface area contributed by atoms with Crippen LogP contribution < -0.4 is 0 Å². The van der Waals surface area contributed by atoms with Gasteiger partial charge in [-0.3, -0.25) is 0 Å². The maximum atomic E-state index is 6.44. The third kappa shape index (κ3) is 2.59. The highest BCUT2D eigenvalue weighted by molar-refractivity contribution is 7.12. The zero-order valence-corrected chi connectivity index (χ0v) is 15.0. The summed E-state index contributed by atoms with van der Waals surface area (Å²) >= 11 is 14.2. The molecule has 1 heterocycles. The zero-order chi connectivity index (χ0) is 16.0.